The number of nitrogens with zero attached hydrogens (tertiary/aromatic N) is 2. The van der Waals surface area contributed by atoms with Gasteiger partial charge in [0.05, 0.1) is 12.2 Å². The molecule has 1 aromatic heterocycles. The summed E-state index contributed by atoms with van der Waals surface area (Å²) in [7, 11) is 0. The van der Waals surface area contributed by atoms with Gasteiger partial charge in [-0.3, -0.25) is 4.98 Å². The number of carbonyl (C=O) groups is 1. The highest BCUT2D eigenvalue weighted by Crippen LogP contribution is 2.30. The van der Waals surface area contributed by atoms with Crippen molar-refractivity contribution in [2.45, 2.75) is 19.4 Å². The maximum Gasteiger partial charge on any atom is 0.511 e. The number of pyridine rings is 1. The molecule has 0 atom stereocenters. The lowest BCUT2D eigenvalue weighted by Gasteiger charge is -2.29. The van der Waals surface area contributed by atoms with E-state index >= 15 is 0 Å². The maximum absolute atomic E-state index is 13.0. The Kier molecular flexibility index (Phi) is 7.08. The number of halogens is 1. The molecule has 5 nitrogen and oxygen atoms in total. The minimum atomic E-state index is -1.33. The second kappa shape index (κ2) is 9.94. The average Bonchev–Trinajstić information content (AvgIpc) is 2.68. The van der Waals surface area contributed by atoms with Crippen LogP contribution >= 0.6 is 11.8 Å². The molecule has 3 rings (SSSR count). The summed E-state index contributed by atoms with van der Waals surface area (Å²) < 4.78 is 18.0. The van der Waals surface area contributed by atoms with E-state index in [1.807, 2.05) is 24.3 Å². The van der Waals surface area contributed by atoms with Gasteiger partial charge < -0.3 is 14.7 Å². The van der Waals surface area contributed by atoms with Gasteiger partial charge in [0.2, 0.25) is 0 Å². The van der Waals surface area contributed by atoms with Crippen molar-refractivity contribution in [3.05, 3.63) is 88.7 Å². The Hall–Kier alpha value is -2.80. The minimum absolute atomic E-state index is 0.238. The Morgan fingerprint density at radius 1 is 1.25 bits per heavy atom. The Bertz CT molecular complexity index is 854. The standard InChI is InChI=1S/C21H21FN2O3S/c22-17-10-8-16(9-11-17)5-4-14-28-20-19(27-21(25)26)7-3-13-24(20)15-18-6-1-2-12-23-18/h1-3,6-12H,4-5,13-15H2,(H,25,26). The molecule has 0 radical (unpaired) electrons. The maximum atomic E-state index is 13.0. The van der Waals surface area contributed by atoms with Gasteiger partial charge in [0.25, 0.3) is 0 Å². The molecule has 0 aliphatic carbocycles. The number of aromatic nitrogens is 1. The van der Waals surface area contributed by atoms with E-state index in [-0.39, 0.29) is 5.82 Å². The van der Waals surface area contributed by atoms with Crippen molar-refractivity contribution in [2.24, 2.45) is 0 Å². The summed E-state index contributed by atoms with van der Waals surface area (Å²) in [6.45, 7) is 1.22. The summed E-state index contributed by atoms with van der Waals surface area (Å²) in [6, 6.07) is 12.2. The monoisotopic (exact) mass is 400 g/mol. The van der Waals surface area contributed by atoms with Crippen molar-refractivity contribution in [1.82, 2.24) is 9.88 Å². The fourth-order valence-corrected chi connectivity index (χ4v) is 3.91. The van der Waals surface area contributed by atoms with Crippen LogP contribution in [0.3, 0.4) is 0 Å². The number of rotatable bonds is 8. The Morgan fingerprint density at radius 2 is 2.07 bits per heavy atom. The van der Waals surface area contributed by atoms with Gasteiger partial charge in [-0.15, -0.1) is 11.8 Å². The van der Waals surface area contributed by atoms with Gasteiger partial charge in [-0.25, -0.2) is 9.18 Å². The fourth-order valence-electron chi connectivity index (χ4n) is 2.85. The number of allylic oxidation sites excluding steroid dienone is 1. The second-order valence-corrected chi connectivity index (χ2v) is 7.30. The van der Waals surface area contributed by atoms with E-state index in [0.29, 0.717) is 18.8 Å². The van der Waals surface area contributed by atoms with E-state index in [0.717, 1.165) is 34.9 Å². The molecule has 0 amide bonds. The molecule has 0 saturated heterocycles. The van der Waals surface area contributed by atoms with E-state index in [4.69, 9.17) is 9.84 Å². The first-order valence-electron chi connectivity index (χ1n) is 8.95. The molecule has 0 saturated carbocycles. The van der Waals surface area contributed by atoms with Crippen molar-refractivity contribution in [3.63, 3.8) is 0 Å². The first-order valence-corrected chi connectivity index (χ1v) is 9.94. The third-order valence-electron chi connectivity index (χ3n) is 4.13. The van der Waals surface area contributed by atoms with E-state index < -0.39 is 6.16 Å². The highest BCUT2D eigenvalue weighted by atomic mass is 32.2. The molecule has 0 spiro atoms. The van der Waals surface area contributed by atoms with Crippen LogP contribution in [-0.4, -0.2) is 33.4 Å². The molecule has 7 heteroatoms. The minimum Gasteiger partial charge on any atom is -0.449 e. The van der Waals surface area contributed by atoms with Crippen LogP contribution in [0, 0.1) is 5.82 Å². The number of thioether (sulfide) groups is 1. The van der Waals surface area contributed by atoms with Crippen LogP contribution in [0.2, 0.25) is 0 Å². The molecule has 0 unspecified atom stereocenters. The third kappa shape index (κ3) is 5.85. The predicted octanol–water partition coefficient (Wildman–Crippen LogP) is 4.82. The molecule has 2 aromatic rings. The quantitative estimate of drug-likeness (QED) is 0.506. The van der Waals surface area contributed by atoms with Gasteiger partial charge >= 0.3 is 6.16 Å². The molecule has 28 heavy (non-hydrogen) atoms. The summed E-state index contributed by atoms with van der Waals surface area (Å²) in [5.74, 6) is 0.880. The summed E-state index contributed by atoms with van der Waals surface area (Å²) in [5.41, 5.74) is 1.98. The molecular formula is C21H21FN2O3S. The zero-order valence-electron chi connectivity index (χ0n) is 15.3. The second-order valence-electron chi connectivity index (χ2n) is 6.22. The summed E-state index contributed by atoms with van der Waals surface area (Å²) >= 11 is 1.56. The van der Waals surface area contributed by atoms with Crippen molar-refractivity contribution in [2.75, 3.05) is 12.3 Å². The number of benzene rings is 1. The Labute approximate surface area is 167 Å². The number of carboxylic acid groups (broad SMARTS) is 1. The summed E-state index contributed by atoms with van der Waals surface area (Å²) in [4.78, 5) is 17.5. The molecule has 0 fully saturated rings. The molecule has 2 heterocycles. The van der Waals surface area contributed by atoms with Gasteiger partial charge in [0.1, 0.15) is 10.8 Å². The topological polar surface area (TPSA) is 62.7 Å². The van der Waals surface area contributed by atoms with Gasteiger partial charge in [0, 0.05) is 12.7 Å². The zero-order chi connectivity index (χ0) is 19.8. The van der Waals surface area contributed by atoms with E-state index in [1.54, 1.807) is 36.2 Å². The average molecular weight is 400 g/mol. The van der Waals surface area contributed by atoms with Crippen LogP contribution in [0.1, 0.15) is 17.7 Å². The molecule has 1 aromatic carbocycles. The van der Waals surface area contributed by atoms with Crippen LogP contribution in [-0.2, 0) is 17.7 Å². The largest absolute Gasteiger partial charge is 0.511 e. The number of hydrogen-bond acceptors (Lipinski definition) is 5. The van der Waals surface area contributed by atoms with Gasteiger partial charge in [-0.05, 0) is 54.5 Å². The van der Waals surface area contributed by atoms with Crippen molar-refractivity contribution in [1.29, 1.82) is 0 Å². The molecule has 1 N–H and O–H groups in total. The zero-order valence-corrected chi connectivity index (χ0v) is 16.1. The first-order chi connectivity index (χ1) is 13.6. The number of aryl methyl sites for hydroxylation is 1. The van der Waals surface area contributed by atoms with Gasteiger partial charge in [0.15, 0.2) is 5.76 Å². The molecular weight excluding hydrogens is 379 g/mol. The highest BCUT2D eigenvalue weighted by Gasteiger charge is 2.21. The molecule has 1 aliphatic heterocycles. The first kappa shape index (κ1) is 19.9. The fraction of sp³-hybridized carbons (Fsp3) is 0.238. The van der Waals surface area contributed by atoms with Crippen molar-refractivity contribution in [3.8, 4) is 0 Å². The number of ether oxygens (including phenoxy) is 1. The summed E-state index contributed by atoms with van der Waals surface area (Å²) in [6.07, 6.45) is 5.69. The van der Waals surface area contributed by atoms with Crippen molar-refractivity contribution >= 4 is 17.9 Å². The lowest BCUT2D eigenvalue weighted by molar-refractivity contribution is 0.119. The predicted molar refractivity (Wildman–Crippen MR) is 107 cm³/mol. The van der Waals surface area contributed by atoms with E-state index in [1.165, 1.54) is 12.1 Å². The van der Waals surface area contributed by atoms with Crippen LogP contribution < -0.4 is 0 Å². The normalized spacial score (nSPS) is 13.7. The van der Waals surface area contributed by atoms with E-state index in [2.05, 4.69) is 9.88 Å². The lowest BCUT2D eigenvalue weighted by Crippen LogP contribution is -2.26. The smallest absolute Gasteiger partial charge is 0.449 e. The van der Waals surface area contributed by atoms with Crippen LogP contribution in [0.15, 0.2) is 71.6 Å². The SMILES string of the molecule is O=C(O)OC1=C(SCCCc2ccc(F)cc2)N(Cc2ccccn2)CC=C1. The van der Waals surface area contributed by atoms with E-state index in [9.17, 15) is 9.18 Å². The van der Waals surface area contributed by atoms with Gasteiger partial charge in [-0.2, -0.15) is 0 Å². The lowest BCUT2D eigenvalue weighted by atomic mass is 10.1. The molecule has 1 aliphatic rings. The van der Waals surface area contributed by atoms with Crippen LogP contribution in [0.25, 0.3) is 0 Å². The van der Waals surface area contributed by atoms with Crippen LogP contribution in [0.5, 0.6) is 0 Å². The number of hydrogen-bond donors (Lipinski definition) is 1. The Balaban J connectivity index is 1.65. The van der Waals surface area contributed by atoms with Gasteiger partial charge in [-0.1, -0.05) is 24.3 Å². The summed E-state index contributed by atoms with van der Waals surface area (Å²) in [5, 5.41) is 9.83. The molecule has 0 bridgehead atoms. The third-order valence-corrected chi connectivity index (χ3v) is 5.36. The van der Waals surface area contributed by atoms with Crippen molar-refractivity contribution < 1.29 is 19.0 Å². The van der Waals surface area contributed by atoms with Crippen LogP contribution in [0.4, 0.5) is 9.18 Å². The highest BCUT2D eigenvalue weighted by molar-refractivity contribution is 8.03. The Morgan fingerprint density at radius 3 is 2.79 bits per heavy atom. The molecule has 146 valence electrons.